The minimum atomic E-state index is -0.766. The van der Waals surface area contributed by atoms with Crippen LogP contribution in [0.1, 0.15) is 6.42 Å². The molecule has 3 aliphatic carbocycles. The predicted molar refractivity (Wildman–Crippen MR) is 44.5 cm³/mol. The minimum absolute atomic E-state index is 0.0819. The second-order valence-electron chi connectivity index (χ2n) is 3.36. The Morgan fingerprint density at radius 3 is 2.75 bits per heavy atom. The van der Waals surface area contributed by atoms with Gasteiger partial charge < -0.3 is 10.2 Å². The predicted octanol–water partition coefficient (Wildman–Crippen LogP) is 1.37. The maximum absolute atomic E-state index is 9.55. The average molecular weight is 160 g/mol. The van der Waals surface area contributed by atoms with Crippen molar-refractivity contribution >= 4 is 0 Å². The number of aliphatic hydroxyl groups excluding tert-OH is 2. The molecule has 0 saturated heterocycles. The lowest BCUT2D eigenvalue weighted by atomic mass is 10.0. The van der Waals surface area contributed by atoms with Gasteiger partial charge in [0.25, 0.3) is 0 Å². The lowest BCUT2D eigenvalue weighted by molar-refractivity contribution is 0.191. The zero-order chi connectivity index (χ0) is 8.29. The highest BCUT2D eigenvalue weighted by Gasteiger charge is 2.35. The molecule has 2 nitrogen and oxygen atoms in total. The van der Waals surface area contributed by atoms with Crippen molar-refractivity contribution in [2.75, 3.05) is 0 Å². The third kappa shape index (κ3) is 0.517. The fourth-order valence-electron chi connectivity index (χ4n) is 2.11. The van der Waals surface area contributed by atoms with E-state index in [-0.39, 0.29) is 5.76 Å². The van der Waals surface area contributed by atoms with Gasteiger partial charge in [-0.15, -0.1) is 0 Å². The quantitative estimate of drug-likeness (QED) is 0.561. The second-order valence-corrected chi connectivity index (χ2v) is 3.36. The highest BCUT2D eigenvalue weighted by Crippen LogP contribution is 2.45. The maximum Gasteiger partial charge on any atom is 0.137 e. The minimum Gasteiger partial charge on any atom is -0.509 e. The number of allylic oxidation sites excluding steroid dienone is 5. The molecule has 0 aromatic rings. The van der Waals surface area contributed by atoms with Gasteiger partial charge in [0.05, 0.1) is 0 Å². The highest BCUT2D eigenvalue weighted by atomic mass is 16.3. The molecule has 0 fully saturated rings. The average Bonchev–Trinajstić information content (AvgIpc) is 2.66. The number of fused-ring (bicyclic) bond motifs is 3. The van der Waals surface area contributed by atoms with Crippen molar-refractivity contribution in [1.29, 1.82) is 0 Å². The summed E-state index contributed by atoms with van der Waals surface area (Å²) < 4.78 is 0. The van der Waals surface area contributed by atoms with E-state index in [1.807, 2.05) is 6.08 Å². The van der Waals surface area contributed by atoms with Crippen molar-refractivity contribution in [2.24, 2.45) is 0 Å². The molecule has 0 heterocycles. The summed E-state index contributed by atoms with van der Waals surface area (Å²) in [7, 11) is 0. The van der Waals surface area contributed by atoms with Crippen LogP contribution < -0.4 is 0 Å². The molecule has 3 aliphatic rings. The molecular weight excluding hydrogens is 152 g/mol. The lowest BCUT2D eigenvalue weighted by Gasteiger charge is -2.07. The van der Waals surface area contributed by atoms with Crippen molar-refractivity contribution in [3.8, 4) is 0 Å². The molecule has 0 aromatic heterocycles. The summed E-state index contributed by atoms with van der Waals surface area (Å²) in [6.07, 6.45) is 5.91. The van der Waals surface area contributed by atoms with Crippen molar-refractivity contribution in [3.63, 3.8) is 0 Å². The van der Waals surface area contributed by atoms with E-state index in [0.717, 1.165) is 23.1 Å². The molecule has 3 rings (SSSR count). The van der Waals surface area contributed by atoms with E-state index in [1.165, 1.54) is 5.57 Å². The van der Waals surface area contributed by atoms with Crippen LogP contribution >= 0.6 is 0 Å². The normalized spacial score (nSPS) is 30.4. The third-order valence-electron chi connectivity index (χ3n) is 2.69. The van der Waals surface area contributed by atoms with Gasteiger partial charge in [-0.25, -0.2) is 0 Å². The first-order chi connectivity index (χ1) is 5.77. The van der Waals surface area contributed by atoms with Gasteiger partial charge in [0.1, 0.15) is 11.9 Å². The van der Waals surface area contributed by atoms with Crippen LogP contribution in [0.3, 0.4) is 0 Å². The number of rotatable bonds is 0. The molecule has 60 valence electrons. The van der Waals surface area contributed by atoms with E-state index in [0.29, 0.717) is 0 Å². The molecule has 0 saturated carbocycles. The standard InChI is InChI=1S/C10H8O2/c11-8-4-7-5-1-2-6(3-5)9(7)10(8)12/h1-2,4,10-12H,3H2. The van der Waals surface area contributed by atoms with Gasteiger partial charge in [0.15, 0.2) is 0 Å². The van der Waals surface area contributed by atoms with Crippen LogP contribution in [0.4, 0.5) is 0 Å². The highest BCUT2D eigenvalue weighted by molar-refractivity contribution is 5.69. The molecule has 0 spiro atoms. The van der Waals surface area contributed by atoms with E-state index in [9.17, 15) is 10.2 Å². The van der Waals surface area contributed by atoms with Gasteiger partial charge in [-0.3, -0.25) is 0 Å². The second kappa shape index (κ2) is 1.72. The van der Waals surface area contributed by atoms with Crippen LogP contribution in [-0.4, -0.2) is 16.3 Å². The van der Waals surface area contributed by atoms with Gasteiger partial charge in [-0.2, -0.15) is 0 Å². The molecular formula is C10H8O2. The SMILES string of the molecule is OC1=CC2=C3C=CC(=C2C1O)C3. The summed E-state index contributed by atoms with van der Waals surface area (Å²) in [5, 5.41) is 18.8. The lowest BCUT2D eigenvalue weighted by Crippen LogP contribution is -2.08. The molecule has 0 aromatic carbocycles. The van der Waals surface area contributed by atoms with Crippen molar-refractivity contribution in [1.82, 2.24) is 0 Å². The molecule has 1 atom stereocenters. The molecule has 0 aliphatic heterocycles. The Labute approximate surface area is 69.8 Å². The van der Waals surface area contributed by atoms with E-state index in [2.05, 4.69) is 6.08 Å². The number of hydrogen-bond acceptors (Lipinski definition) is 2. The molecule has 0 radical (unpaired) electrons. The summed E-state index contributed by atoms with van der Waals surface area (Å²) in [5.41, 5.74) is 4.35. The van der Waals surface area contributed by atoms with Gasteiger partial charge in [0, 0.05) is 0 Å². The first-order valence-corrected chi connectivity index (χ1v) is 4.00. The number of aliphatic hydroxyl groups is 2. The molecule has 0 amide bonds. The van der Waals surface area contributed by atoms with E-state index < -0.39 is 6.10 Å². The van der Waals surface area contributed by atoms with Gasteiger partial charge >= 0.3 is 0 Å². The summed E-state index contributed by atoms with van der Waals surface area (Å²) in [4.78, 5) is 0. The Kier molecular flexibility index (Phi) is 0.898. The summed E-state index contributed by atoms with van der Waals surface area (Å²) in [6, 6.07) is 0. The Morgan fingerprint density at radius 2 is 2.00 bits per heavy atom. The van der Waals surface area contributed by atoms with Gasteiger partial charge in [-0.05, 0) is 34.8 Å². The zero-order valence-electron chi connectivity index (χ0n) is 6.41. The van der Waals surface area contributed by atoms with Gasteiger partial charge in [0.2, 0.25) is 0 Å². The van der Waals surface area contributed by atoms with E-state index >= 15 is 0 Å². The molecule has 12 heavy (non-hydrogen) atoms. The van der Waals surface area contributed by atoms with Crippen LogP contribution in [0.5, 0.6) is 0 Å². The third-order valence-corrected chi connectivity index (χ3v) is 2.69. The van der Waals surface area contributed by atoms with Crippen LogP contribution in [0.2, 0.25) is 0 Å². The van der Waals surface area contributed by atoms with Crippen molar-refractivity contribution in [3.05, 3.63) is 46.3 Å². The summed E-state index contributed by atoms with van der Waals surface area (Å²) in [5.74, 6) is 0.0819. The Hall–Kier alpha value is -1.28. The smallest absolute Gasteiger partial charge is 0.137 e. The van der Waals surface area contributed by atoms with Crippen LogP contribution in [0, 0.1) is 0 Å². The summed E-state index contributed by atoms with van der Waals surface area (Å²) in [6.45, 7) is 0. The fraction of sp³-hybridized carbons (Fsp3) is 0.200. The summed E-state index contributed by atoms with van der Waals surface area (Å²) >= 11 is 0. The molecule has 2 bridgehead atoms. The van der Waals surface area contributed by atoms with Crippen LogP contribution in [-0.2, 0) is 0 Å². The molecule has 2 N–H and O–H groups in total. The zero-order valence-corrected chi connectivity index (χ0v) is 6.41. The van der Waals surface area contributed by atoms with E-state index in [4.69, 9.17) is 0 Å². The maximum atomic E-state index is 9.55. The fourth-order valence-corrected chi connectivity index (χ4v) is 2.11. The van der Waals surface area contributed by atoms with Crippen molar-refractivity contribution in [2.45, 2.75) is 12.5 Å². The first kappa shape index (κ1) is 6.26. The monoisotopic (exact) mass is 160 g/mol. The van der Waals surface area contributed by atoms with E-state index in [1.54, 1.807) is 6.08 Å². The largest absolute Gasteiger partial charge is 0.509 e. The first-order valence-electron chi connectivity index (χ1n) is 4.00. The van der Waals surface area contributed by atoms with Crippen LogP contribution in [0.25, 0.3) is 0 Å². The Bertz CT molecular complexity index is 394. The molecule has 2 heteroatoms. The Balaban J connectivity index is 2.29. The Morgan fingerprint density at radius 1 is 1.25 bits per heavy atom. The number of hydrogen-bond donors (Lipinski definition) is 2. The van der Waals surface area contributed by atoms with Gasteiger partial charge in [-0.1, -0.05) is 12.2 Å². The topological polar surface area (TPSA) is 40.5 Å². The molecule has 1 unspecified atom stereocenters. The van der Waals surface area contributed by atoms with Crippen molar-refractivity contribution < 1.29 is 10.2 Å². The van der Waals surface area contributed by atoms with Crippen LogP contribution in [0.15, 0.2) is 46.3 Å².